The van der Waals surface area contributed by atoms with E-state index in [2.05, 4.69) is 4.98 Å². The van der Waals surface area contributed by atoms with Gasteiger partial charge < -0.3 is 4.74 Å². The molecule has 0 atom stereocenters. The molecule has 0 spiro atoms. The second-order valence-electron chi connectivity index (χ2n) is 4.97. The Kier molecular flexibility index (Phi) is 3.97. The standard InChI is InChI=1S/C19H15NO2/c1-14-10-11-16(17-9-5-6-12-20-17)18(13-14)22-19(21)15-7-3-2-4-8-15/h2-13H,1H3. The largest absolute Gasteiger partial charge is 0.422 e. The number of nitrogens with zero attached hydrogens (tertiary/aromatic N) is 1. The number of esters is 1. The molecule has 108 valence electrons. The minimum Gasteiger partial charge on any atom is -0.422 e. The molecular formula is C19H15NO2. The minimum absolute atomic E-state index is 0.372. The Labute approximate surface area is 129 Å². The number of carbonyl (C=O) groups is 1. The van der Waals surface area contributed by atoms with Crippen molar-refractivity contribution in [3.8, 4) is 17.0 Å². The number of rotatable bonds is 3. The summed E-state index contributed by atoms with van der Waals surface area (Å²) in [5.41, 5.74) is 3.13. The molecule has 1 aromatic heterocycles. The maximum atomic E-state index is 12.3. The Morgan fingerprint density at radius 3 is 2.45 bits per heavy atom. The van der Waals surface area contributed by atoms with Gasteiger partial charge in [-0.2, -0.15) is 0 Å². The van der Waals surface area contributed by atoms with Crippen LogP contribution >= 0.6 is 0 Å². The first-order valence-corrected chi connectivity index (χ1v) is 7.03. The summed E-state index contributed by atoms with van der Waals surface area (Å²) in [4.78, 5) is 16.6. The molecule has 0 aliphatic rings. The van der Waals surface area contributed by atoms with E-state index in [1.807, 2.05) is 61.5 Å². The number of aromatic nitrogens is 1. The molecule has 0 saturated carbocycles. The predicted molar refractivity (Wildman–Crippen MR) is 85.8 cm³/mol. The first-order chi connectivity index (χ1) is 10.7. The van der Waals surface area contributed by atoms with Crippen LogP contribution in [0.5, 0.6) is 5.75 Å². The Morgan fingerprint density at radius 1 is 0.955 bits per heavy atom. The van der Waals surface area contributed by atoms with Crippen LogP contribution in [0.2, 0.25) is 0 Å². The maximum absolute atomic E-state index is 12.3. The van der Waals surface area contributed by atoms with Crippen molar-refractivity contribution in [2.75, 3.05) is 0 Å². The van der Waals surface area contributed by atoms with Crippen LogP contribution in [-0.4, -0.2) is 11.0 Å². The third-order valence-electron chi connectivity index (χ3n) is 3.29. The smallest absolute Gasteiger partial charge is 0.343 e. The van der Waals surface area contributed by atoms with E-state index in [-0.39, 0.29) is 5.97 Å². The molecule has 0 fully saturated rings. The highest BCUT2D eigenvalue weighted by molar-refractivity contribution is 5.92. The molecule has 0 bridgehead atoms. The summed E-state index contributed by atoms with van der Waals surface area (Å²) in [6.07, 6.45) is 1.72. The summed E-state index contributed by atoms with van der Waals surface area (Å²) in [7, 11) is 0. The van der Waals surface area contributed by atoms with Gasteiger partial charge in [-0.15, -0.1) is 0 Å². The van der Waals surface area contributed by atoms with Crippen LogP contribution in [0.4, 0.5) is 0 Å². The number of ether oxygens (including phenoxy) is 1. The normalized spacial score (nSPS) is 10.2. The van der Waals surface area contributed by atoms with Gasteiger partial charge in [-0.05, 0) is 48.9 Å². The van der Waals surface area contributed by atoms with Gasteiger partial charge in [-0.25, -0.2) is 4.79 Å². The molecule has 3 rings (SSSR count). The van der Waals surface area contributed by atoms with Gasteiger partial charge in [0.1, 0.15) is 5.75 Å². The minimum atomic E-state index is -0.372. The Hall–Kier alpha value is -2.94. The molecule has 3 aromatic rings. The van der Waals surface area contributed by atoms with E-state index in [1.54, 1.807) is 18.3 Å². The van der Waals surface area contributed by atoms with Crippen LogP contribution in [0.3, 0.4) is 0 Å². The van der Waals surface area contributed by atoms with Gasteiger partial charge in [0, 0.05) is 11.8 Å². The number of benzene rings is 2. The number of pyridine rings is 1. The van der Waals surface area contributed by atoms with E-state index in [1.165, 1.54) is 0 Å². The molecule has 3 heteroatoms. The van der Waals surface area contributed by atoms with E-state index in [0.29, 0.717) is 11.3 Å². The number of carbonyl (C=O) groups excluding carboxylic acids is 1. The lowest BCUT2D eigenvalue weighted by Gasteiger charge is -2.11. The summed E-state index contributed by atoms with van der Waals surface area (Å²) >= 11 is 0. The maximum Gasteiger partial charge on any atom is 0.343 e. The van der Waals surface area contributed by atoms with Crippen molar-refractivity contribution >= 4 is 5.97 Å². The zero-order valence-electron chi connectivity index (χ0n) is 12.2. The molecule has 2 aromatic carbocycles. The Morgan fingerprint density at radius 2 is 1.73 bits per heavy atom. The van der Waals surface area contributed by atoms with Crippen molar-refractivity contribution in [2.24, 2.45) is 0 Å². The fourth-order valence-corrected chi connectivity index (χ4v) is 2.18. The van der Waals surface area contributed by atoms with Crippen molar-refractivity contribution in [1.29, 1.82) is 0 Å². The Bertz CT molecular complexity index is 783. The van der Waals surface area contributed by atoms with E-state index in [4.69, 9.17) is 4.74 Å². The van der Waals surface area contributed by atoms with E-state index >= 15 is 0 Å². The van der Waals surface area contributed by atoms with Crippen molar-refractivity contribution in [3.05, 3.63) is 84.1 Å². The zero-order chi connectivity index (χ0) is 15.4. The van der Waals surface area contributed by atoms with Gasteiger partial charge in [0.05, 0.1) is 11.3 Å². The first kappa shape index (κ1) is 14.0. The molecule has 0 radical (unpaired) electrons. The summed E-state index contributed by atoms with van der Waals surface area (Å²) in [5.74, 6) is 0.149. The summed E-state index contributed by atoms with van der Waals surface area (Å²) < 4.78 is 5.59. The van der Waals surface area contributed by atoms with Gasteiger partial charge in [0.2, 0.25) is 0 Å². The predicted octanol–water partition coefficient (Wildman–Crippen LogP) is 4.28. The SMILES string of the molecule is Cc1ccc(-c2ccccn2)c(OC(=O)c2ccccc2)c1. The third kappa shape index (κ3) is 3.04. The topological polar surface area (TPSA) is 39.2 Å². The van der Waals surface area contributed by atoms with Crippen LogP contribution in [-0.2, 0) is 0 Å². The fraction of sp³-hybridized carbons (Fsp3) is 0.0526. The zero-order valence-corrected chi connectivity index (χ0v) is 12.2. The summed E-state index contributed by atoms with van der Waals surface area (Å²) in [5, 5.41) is 0. The molecule has 3 nitrogen and oxygen atoms in total. The lowest BCUT2D eigenvalue weighted by molar-refractivity contribution is 0.0735. The van der Waals surface area contributed by atoms with Crippen LogP contribution in [0.15, 0.2) is 72.9 Å². The van der Waals surface area contributed by atoms with Crippen molar-refractivity contribution in [3.63, 3.8) is 0 Å². The fourth-order valence-electron chi connectivity index (χ4n) is 2.18. The summed E-state index contributed by atoms with van der Waals surface area (Å²) in [6.45, 7) is 1.96. The quantitative estimate of drug-likeness (QED) is 0.533. The van der Waals surface area contributed by atoms with Crippen LogP contribution in [0.1, 0.15) is 15.9 Å². The van der Waals surface area contributed by atoms with Gasteiger partial charge in [0.25, 0.3) is 0 Å². The Balaban J connectivity index is 1.97. The van der Waals surface area contributed by atoms with Gasteiger partial charge >= 0.3 is 5.97 Å². The van der Waals surface area contributed by atoms with Gasteiger partial charge in [-0.1, -0.05) is 30.3 Å². The van der Waals surface area contributed by atoms with E-state index < -0.39 is 0 Å². The lowest BCUT2D eigenvalue weighted by Crippen LogP contribution is -2.09. The first-order valence-electron chi connectivity index (χ1n) is 7.03. The molecule has 0 aliphatic heterocycles. The average molecular weight is 289 g/mol. The average Bonchev–Trinajstić information content (AvgIpc) is 2.56. The molecule has 0 N–H and O–H groups in total. The highest BCUT2D eigenvalue weighted by Gasteiger charge is 2.13. The second-order valence-corrected chi connectivity index (χ2v) is 4.97. The van der Waals surface area contributed by atoms with E-state index in [9.17, 15) is 4.79 Å². The second kappa shape index (κ2) is 6.22. The van der Waals surface area contributed by atoms with Crippen molar-refractivity contribution in [1.82, 2.24) is 4.98 Å². The summed E-state index contributed by atoms with van der Waals surface area (Å²) in [6, 6.07) is 20.4. The molecular weight excluding hydrogens is 274 g/mol. The molecule has 22 heavy (non-hydrogen) atoms. The number of hydrogen-bond donors (Lipinski definition) is 0. The molecule has 0 aliphatic carbocycles. The lowest BCUT2D eigenvalue weighted by atomic mass is 10.1. The van der Waals surface area contributed by atoms with Crippen LogP contribution < -0.4 is 4.74 Å². The van der Waals surface area contributed by atoms with Crippen molar-refractivity contribution in [2.45, 2.75) is 6.92 Å². The van der Waals surface area contributed by atoms with Crippen molar-refractivity contribution < 1.29 is 9.53 Å². The van der Waals surface area contributed by atoms with Crippen LogP contribution in [0, 0.1) is 6.92 Å². The number of hydrogen-bond acceptors (Lipinski definition) is 3. The third-order valence-corrected chi connectivity index (χ3v) is 3.29. The van der Waals surface area contributed by atoms with E-state index in [0.717, 1.165) is 16.8 Å². The van der Waals surface area contributed by atoms with Crippen LogP contribution in [0.25, 0.3) is 11.3 Å². The highest BCUT2D eigenvalue weighted by Crippen LogP contribution is 2.30. The monoisotopic (exact) mass is 289 g/mol. The molecule has 1 heterocycles. The number of aryl methyl sites for hydroxylation is 1. The van der Waals surface area contributed by atoms with Gasteiger partial charge in [0.15, 0.2) is 0 Å². The molecule has 0 amide bonds. The molecule has 0 unspecified atom stereocenters. The highest BCUT2D eigenvalue weighted by atomic mass is 16.5. The molecule has 0 saturated heterocycles. The van der Waals surface area contributed by atoms with Gasteiger partial charge in [-0.3, -0.25) is 4.98 Å².